The van der Waals surface area contributed by atoms with Gasteiger partial charge < -0.3 is 5.32 Å². The maximum atomic E-state index is 4.59. The van der Waals surface area contributed by atoms with E-state index in [1.165, 1.54) is 9.75 Å². The van der Waals surface area contributed by atoms with Crippen molar-refractivity contribution in [2.75, 3.05) is 5.32 Å². The monoisotopic (exact) mass is 313 g/mol. The molecule has 1 N–H and O–H groups in total. The van der Waals surface area contributed by atoms with Crippen molar-refractivity contribution < 1.29 is 0 Å². The summed E-state index contributed by atoms with van der Waals surface area (Å²) >= 11 is 1.83. The zero-order valence-electron chi connectivity index (χ0n) is 13.0. The second kappa shape index (κ2) is 6.27. The van der Waals surface area contributed by atoms with Gasteiger partial charge in [0.1, 0.15) is 5.82 Å². The molecule has 0 fully saturated rings. The Labute approximate surface area is 134 Å². The van der Waals surface area contributed by atoms with Gasteiger partial charge in [-0.25, -0.2) is 9.67 Å². The number of aromatic nitrogens is 4. The summed E-state index contributed by atoms with van der Waals surface area (Å²) in [5.74, 6) is 1.49. The van der Waals surface area contributed by atoms with Gasteiger partial charge in [0.2, 0.25) is 0 Å². The Morgan fingerprint density at radius 2 is 2.00 bits per heavy atom. The highest BCUT2D eigenvalue weighted by molar-refractivity contribution is 7.12. The number of rotatable bonds is 5. The SMILES string of the molecule is CCc1ccc(CNc2cncc(-n3nc(C)cc3C)n2)s1. The zero-order chi connectivity index (χ0) is 15.5. The zero-order valence-corrected chi connectivity index (χ0v) is 13.8. The Bertz CT molecular complexity index is 774. The Morgan fingerprint density at radius 3 is 2.68 bits per heavy atom. The molecule has 3 aromatic heterocycles. The van der Waals surface area contributed by atoms with Gasteiger partial charge in [-0.1, -0.05) is 6.92 Å². The van der Waals surface area contributed by atoms with E-state index in [0.717, 1.165) is 36.0 Å². The van der Waals surface area contributed by atoms with Crippen molar-refractivity contribution in [1.82, 2.24) is 19.7 Å². The van der Waals surface area contributed by atoms with Crippen molar-refractivity contribution in [3.05, 3.63) is 51.7 Å². The molecular weight excluding hydrogens is 294 g/mol. The standard InChI is InChI=1S/C16H19N5S/c1-4-13-5-6-14(22-13)8-18-15-9-17-10-16(19-15)21-12(3)7-11(2)20-21/h5-7,9-10H,4,8H2,1-3H3,(H,18,19). The predicted octanol–water partition coefficient (Wildman–Crippen LogP) is 3.52. The number of nitrogens with zero attached hydrogens (tertiary/aromatic N) is 4. The van der Waals surface area contributed by atoms with Crippen LogP contribution in [-0.4, -0.2) is 19.7 Å². The second-order valence-corrected chi connectivity index (χ2v) is 6.43. The molecule has 0 aliphatic heterocycles. The van der Waals surface area contributed by atoms with E-state index < -0.39 is 0 Å². The molecule has 114 valence electrons. The second-order valence-electron chi connectivity index (χ2n) is 5.18. The summed E-state index contributed by atoms with van der Waals surface area (Å²) in [6.45, 7) is 6.92. The molecule has 0 amide bonds. The van der Waals surface area contributed by atoms with Crippen LogP contribution in [0.3, 0.4) is 0 Å². The summed E-state index contributed by atoms with van der Waals surface area (Å²) in [5.41, 5.74) is 2.03. The number of hydrogen-bond acceptors (Lipinski definition) is 5. The Hall–Kier alpha value is -2.21. The topological polar surface area (TPSA) is 55.6 Å². The Kier molecular flexibility index (Phi) is 4.20. The van der Waals surface area contributed by atoms with E-state index in [-0.39, 0.29) is 0 Å². The molecule has 3 heterocycles. The maximum Gasteiger partial charge on any atom is 0.174 e. The van der Waals surface area contributed by atoms with E-state index in [1.54, 1.807) is 12.4 Å². The Morgan fingerprint density at radius 1 is 1.18 bits per heavy atom. The summed E-state index contributed by atoms with van der Waals surface area (Å²) in [6, 6.07) is 6.37. The highest BCUT2D eigenvalue weighted by atomic mass is 32.1. The average Bonchev–Trinajstić information content (AvgIpc) is 3.11. The smallest absolute Gasteiger partial charge is 0.174 e. The van der Waals surface area contributed by atoms with Crippen LogP contribution in [0.2, 0.25) is 0 Å². The molecule has 3 aromatic rings. The summed E-state index contributed by atoms with van der Waals surface area (Å²) in [5, 5.41) is 7.77. The molecule has 0 aliphatic rings. The molecule has 5 nitrogen and oxygen atoms in total. The van der Waals surface area contributed by atoms with Gasteiger partial charge in [0.05, 0.1) is 24.6 Å². The van der Waals surface area contributed by atoms with E-state index in [1.807, 2.05) is 35.9 Å². The van der Waals surface area contributed by atoms with Crippen LogP contribution in [0.15, 0.2) is 30.6 Å². The fourth-order valence-corrected chi connectivity index (χ4v) is 3.19. The van der Waals surface area contributed by atoms with E-state index in [4.69, 9.17) is 0 Å². The first-order valence-electron chi connectivity index (χ1n) is 7.33. The minimum absolute atomic E-state index is 0.732. The van der Waals surface area contributed by atoms with Crippen molar-refractivity contribution in [3.63, 3.8) is 0 Å². The third-order valence-corrected chi connectivity index (χ3v) is 4.59. The van der Waals surface area contributed by atoms with Gasteiger partial charge in [-0.15, -0.1) is 11.3 Å². The van der Waals surface area contributed by atoms with Crippen molar-refractivity contribution in [1.29, 1.82) is 0 Å². The lowest BCUT2D eigenvalue weighted by Crippen LogP contribution is -2.06. The van der Waals surface area contributed by atoms with Gasteiger partial charge in [0.25, 0.3) is 0 Å². The molecule has 0 aromatic carbocycles. The van der Waals surface area contributed by atoms with Crippen LogP contribution in [0.5, 0.6) is 0 Å². The van der Waals surface area contributed by atoms with Gasteiger partial charge in [0.15, 0.2) is 5.82 Å². The quantitative estimate of drug-likeness (QED) is 0.783. The van der Waals surface area contributed by atoms with E-state index in [9.17, 15) is 0 Å². The van der Waals surface area contributed by atoms with Crippen LogP contribution in [-0.2, 0) is 13.0 Å². The van der Waals surface area contributed by atoms with E-state index >= 15 is 0 Å². The van der Waals surface area contributed by atoms with Crippen LogP contribution >= 0.6 is 11.3 Å². The molecular formula is C16H19N5S. The van der Waals surface area contributed by atoms with Crippen molar-refractivity contribution in [2.24, 2.45) is 0 Å². The van der Waals surface area contributed by atoms with Gasteiger partial charge >= 0.3 is 0 Å². The molecule has 0 atom stereocenters. The van der Waals surface area contributed by atoms with Gasteiger partial charge in [0, 0.05) is 15.4 Å². The summed E-state index contributed by atoms with van der Waals surface area (Å²) in [7, 11) is 0. The molecule has 0 spiro atoms. The number of anilines is 1. The fourth-order valence-electron chi connectivity index (χ4n) is 2.29. The van der Waals surface area contributed by atoms with E-state index in [0.29, 0.717) is 0 Å². The lowest BCUT2D eigenvalue weighted by molar-refractivity contribution is 0.799. The maximum absolute atomic E-state index is 4.59. The highest BCUT2D eigenvalue weighted by Crippen LogP contribution is 2.18. The third-order valence-electron chi connectivity index (χ3n) is 3.36. The molecule has 0 saturated carbocycles. The number of thiophene rings is 1. The Balaban J connectivity index is 1.75. The highest BCUT2D eigenvalue weighted by Gasteiger charge is 2.07. The predicted molar refractivity (Wildman–Crippen MR) is 89.7 cm³/mol. The third kappa shape index (κ3) is 3.17. The molecule has 22 heavy (non-hydrogen) atoms. The number of nitrogens with one attached hydrogen (secondary N) is 1. The van der Waals surface area contributed by atoms with E-state index in [2.05, 4.69) is 39.4 Å². The molecule has 0 radical (unpaired) electrons. The van der Waals surface area contributed by atoms with Crippen molar-refractivity contribution in [3.8, 4) is 5.82 Å². The van der Waals surface area contributed by atoms with Crippen molar-refractivity contribution in [2.45, 2.75) is 33.7 Å². The molecule has 0 bridgehead atoms. The summed E-state index contributed by atoms with van der Waals surface area (Å²) < 4.78 is 1.81. The first-order valence-corrected chi connectivity index (χ1v) is 8.14. The number of hydrogen-bond donors (Lipinski definition) is 1. The lowest BCUT2D eigenvalue weighted by atomic mass is 10.3. The van der Waals surface area contributed by atoms with Gasteiger partial charge in [-0.3, -0.25) is 4.98 Å². The molecule has 3 rings (SSSR count). The van der Waals surface area contributed by atoms with Crippen LogP contribution in [0.25, 0.3) is 5.82 Å². The van der Waals surface area contributed by atoms with Gasteiger partial charge in [-0.2, -0.15) is 5.10 Å². The van der Waals surface area contributed by atoms with Crippen LogP contribution < -0.4 is 5.32 Å². The molecule has 0 saturated heterocycles. The molecule has 6 heteroatoms. The summed E-state index contributed by atoms with van der Waals surface area (Å²) in [6.07, 6.45) is 4.55. The normalized spacial score (nSPS) is 10.9. The summed E-state index contributed by atoms with van der Waals surface area (Å²) in [4.78, 5) is 11.6. The molecule has 0 aliphatic carbocycles. The van der Waals surface area contributed by atoms with Crippen LogP contribution in [0, 0.1) is 13.8 Å². The minimum Gasteiger partial charge on any atom is -0.364 e. The van der Waals surface area contributed by atoms with Gasteiger partial charge in [-0.05, 0) is 38.5 Å². The van der Waals surface area contributed by atoms with Crippen molar-refractivity contribution >= 4 is 17.2 Å². The fraction of sp³-hybridized carbons (Fsp3) is 0.312. The first-order chi connectivity index (χ1) is 10.7. The average molecular weight is 313 g/mol. The number of aryl methyl sites for hydroxylation is 3. The van der Waals surface area contributed by atoms with Crippen LogP contribution in [0.1, 0.15) is 28.1 Å². The lowest BCUT2D eigenvalue weighted by Gasteiger charge is -2.07. The first kappa shape index (κ1) is 14.7. The minimum atomic E-state index is 0.732. The largest absolute Gasteiger partial charge is 0.364 e. The van der Waals surface area contributed by atoms with Crippen LogP contribution in [0.4, 0.5) is 5.82 Å². The molecule has 0 unspecified atom stereocenters.